The molecule has 0 radical (unpaired) electrons. The van der Waals surface area contributed by atoms with Gasteiger partial charge in [0.25, 0.3) is 0 Å². The fourth-order valence-corrected chi connectivity index (χ4v) is 8.76. The van der Waals surface area contributed by atoms with Crippen LogP contribution in [-0.4, -0.2) is 0 Å². The van der Waals surface area contributed by atoms with Crippen molar-refractivity contribution in [3.05, 3.63) is 92.7 Å². The molecule has 128 valence electrons. The molecule has 0 bridgehead atoms. The smallest absolute Gasteiger partial charge is 0.0342 e. The first-order valence-corrected chi connectivity index (χ1v) is 13.7. The lowest BCUT2D eigenvalue weighted by Gasteiger charge is -2.21. The second kappa shape index (κ2) is 9.69. The van der Waals surface area contributed by atoms with E-state index in [1.807, 2.05) is 0 Å². The van der Waals surface area contributed by atoms with Gasteiger partial charge in [-0.25, -0.2) is 0 Å². The van der Waals surface area contributed by atoms with Crippen LogP contribution in [0.5, 0.6) is 0 Å². The van der Waals surface area contributed by atoms with Crippen LogP contribution in [0.4, 0.5) is 0 Å². The van der Waals surface area contributed by atoms with Crippen molar-refractivity contribution in [3.8, 4) is 0 Å². The first kappa shape index (κ1) is 21.7. The SMILES string of the molecule is Ic1cc(I)cc(C(c2cc(I)cc(I)c2)c2cc(I)cc(I)c2)c1. The molecule has 0 spiro atoms. The Morgan fingerprint density at radius 1 is 0.360 bits per heavy atom. The van der Waals surface area contributed by atoms with E-state index in [0.717, 1.165) is 0 Å². The third kappa shape index (κ3) is 6.01. The zero-order chi connectivity index (χ0) is 18.1. The zero-order valence-electron chi connectivity index (χ0n) is 12.5. The lowest BCUT2D eigenvalue weighted by molar-refractivity contribution is 0.967. The molecule has 3 aromatic rings. The average Bonchev–Trinajstić information content (AvgIpc) is 2.44. The minimum Gasteiger partial charge on any atom is -0.0446 e. The van der Waals surface area contributed by atoms with Crippen LogP contribution in [0, 0.1) is 21.4 Å². The van der Waals surface area contributed by atoms with E-state index in [-0.39, 0.29) is 5.92 Å². The third-order valence-corrected chi connectivity index (χ3v) is 7.39. The molecule has 0 unspecified atom stereocenters. The zero-order valence-corrected chi connectivity index (χ0v) is 25.5. The van der Waals surface area contributed by atoms with Gasteiger partial charge in [0.15, 0.2) is 0 Å². The van der Waals surface area contributed by atoms with E-state index in [2.05, 4.69) is 190 Å². The van der Waals surface area contributed by atoms with Crippen molar-refractivity contribution in [2.24, 2.45) is 0 Å². The average molecular weight is 1000 g/mol. The van der Waals surface area contributed by atoms with E-state index in [4.69, 9.17) is 0 Å². The first-order chi connectivity index (χ1) is 11.8. The monoisotopic (exact) mass is 1000 g/mol. The summed E-state index contributed by atoms with van der Waals surface area (Å²) in [5, 5.41) is 0. The summed E-state index contributed by atoms with van der Waals surface area (Å²) in [6.07, 6.45) is 0. The minimum atomic E-state index is 0.245. The molecule has 0 aliphatic rings. The molecule has 25 heavy (non-hydrogen) atoms. The van der Waals surface area contributed by atoms with Crippen molar-refractivity contribution in [1.29, 1.82) is 0 Å². The maximum Gasteiger partial charge on any atom is 0.0342 e. The lowest BCUT2D eigenvalue weighted by Crippen LogP contribution is -2.06. The van der Waals surface area contributed by atoms with Gasteiger partial charge in [0, 0.05) is 27.3 Å². The summed E-state index contributed by atoms with van der Waals surface area (Å²) >= 11 is 14.5. The highest BCUT2D eigenvalue weighted by molar-refractivity contribution is 14.1. The molecule has 0 saturated carbocycles. The topological polar surface area (TPSA) is 0 Å². The van der Waals surface area contributed by atoms with Crippen molar-refractivity contribution in [2.75, 3.05) is 0 Å². The van der Waals surface area contributed by atoms with Gasteiger partial charge in [0.1, 0.15) is 0 Å². The van der Waals surface area contributed by atoms with Crippen LogP contribution in [0.2, 0.25) is 0 Å². The van der Waals surface area contributed by atoms with Gasteiger partial charge < -0.3 is 0 Å². The number of hydrogen-bond acceptors (Lipinski definition) is 0. The molecule has 3 aromatic carbocycles. The van der Waals surface area contributed by atoms with Crippen molar-refractivity contribution in [3.63, 3.8) is 0 Å². The fraction of sp³-hybridized carbons (Fsp3) is 0.0526. The Balaban J connectivity index is 2.27. The molecule has 0 amide bonds. The molecular weight excluding hydrogens is 990 g/mol. The summed E-state index contributed by atoms with van der Waals surface area (Å²) in [4.78, 5) is 0. The summed E-state index contributed by atoms with van der Waals surface area (Å²) in [6, 6.07) is 20.5. The lowest BCUT2D eigenvalue weighted by atomic mass is 9.85. The van der Waals surface area contributed by atoms with E-state index < -0.39 is 0 Å². The van der Waals surface area contributed by atoms with Crippen LogP contribution < -0.4 is 0 Å². The highest BCUT2D eigenvalue weighted by Crippen LogP contribution is 2.36. The molecule has 0 fully saturated rings. The van der Waals surface area contributed by atoms with Crippen molar-refractivity contribution in [2.45, 2.75) is 5.92 Å². The van der Waals surface area contributed by atoms with E-state index >= 15 is 0 Å². The van der Waals surface area contributed by atoms with Gasteiger partial charge in [-0.3, -0.25) is 0 Å². The van der Waals surface area contributed by atoms with Crippen LogP contribution in [0.25, 0.3) is 0 Å². The van der Waals surface area contributed by atoms with Gasteiger partial charge in [-0.15, -0.1) is 0 Å². The van der Waals surface area contributed by atoms with Gasteiger partial charge >= 0.3 is 0 Å². The number of halogens is 6. The van der Waals surface area contributed by atoms with E-state index in [1.54, 1.807) is 0 Å². The van der Waals surface area contributed by atoms with Crippen LogP contribution in [-0.2, 0) is 0 Å². The molecule has 3 rings (SSSR count). The largest absolute Gasteiger partial charge is 0.0446 e. The molecular formula is C19H10I6. The van der Waals surface area contributed by atoms with Crippen LogP contribution in [0.1, 0.15) is 22.6 Å². The molecule has 0 aliphatic heterocycles. The summed E-state index contributed by atoms with van der Waals surface area (Å²) in [5.74, 6) is 0.245. The molecule has 0 atom stereocenters. The summed E-state index contributed by atoms with van der Waals surface area (Å²) in [6.45, 7) is 0. The molecule has 0 aromatic heterocycles. The first-order valence-electron chi connectivity index (χ1n) is 7.20. The quantitative estimate of drug-likeness (QED) is 0.183. The highest BCUT2D eigenvalue weighted by atomic mass is 127. The van der Waals surface area contributed by atoms with Crippen molar-refractivity contribution >= 4 is 136 Å². The van der Waals surface area contributed by atoms with Crippen molar-refractivity contribution in [1.82, 2.24) is 0 Å². The predicted octanol–water partition coefficient (Wildman–Crippen LogP) is 8.49. The standard InChI is InChI=1S/C19H10I6/c20-13-1-10(2-14(21)7-13)19(11-3-15(22)8-16(23)4-11)12-5-17(24)9-18(25)6-12/h1-9,19H. The van der Waals surface area contributed by atoms with Gasteiger partial charge in [0.05, 0.1) is 0 Å². The molecule has 0 N–H and O–H groups in total. The molecule has 0 aliphatic carbocycles. The normalized spacial score (nSPS) is 11.2. The van der Waals surface area contributed by atoms with E-state index in [1.165, 1.54) is 38.1 Å². The Bertz CT molecular complexity index is 752. The van der Waals surface area contributed by atoms with Gasteiger partial charge in [-0.05, 0) is 207 Å². The Morgan fingerprint density at radius 3 is 0.760 bits per heavy atom. The number of rotatable bonds is 3. The molecule has 6 heteroatoms. The maximum absolute atomic E-state index is 2.42. The van der Waals surface area contributed by atoms with Crippen LogP contribution >= 0.6 is 136 Å². The maximum atomic E-state index is 2.42. The number of hydrogen-bond donors (Lipinski definition) is 0. The van der Waals surface area contributed by atoms with Crippen LogP contribution in [0.15, 0.2) is 54.6 Å². The summed E-state index contributed by atoms with van der Waals surface area (Å²) in [5.41, 5.74) is 4.06. The Morgan fingerprint density at radius 2 is 0.560 bits per heavy atom. The second-order valence-corrected chi connectivity index (χ2v) is 13.0. The summed E-state index contributed by atoms with van der Waals surface area (Å²) < 4.78 is 7.70. The van der Waals surface area contributed by atoms with Gasteiger partial charge in [-0.1, -0.05) is 0 Å². The Hall–Kier alpha value is 2.04. The molecule has 0 saturated heterocycles. The van der Waals surface area contributed by atoms with Gasteiger partial charge in [-0.2, -0.15) is 0 Å². The minimum absolute atomic E-state index is 0.245. The van der Waals surface area contributed by atoms with E-state index in [0.29, 0.717) is 0 Å². The molecule has 0 nitrogen and oxygen atoms in total. The Kier molecular flexibility index (Phi) is 8.43. The molecule has 0 heterocycles. The second-order valence-electron chi connectivity index (χ2n) is 5.54. The predicted molar refractivity (Wildman–Crippen MR) is 157 cm³/mol. The van der Waals surface area contributed by atoms with Crippen LogP contribution in [0.3, 0.4) is 0 Å². The van der Waals surface area contributed by atoms with Crippen molar-refractivity contribution < 1.29 is 0 Å². The van der Waals surface area contributed by atoms with Gasteiger partial charge in [0.2, 0.25) is 0 Å². The fourth-order valence-electron chi connectivity index (χ4n) is 2.80. The number of benzene rings is 3. The Labute approximate surface area is 229 Å². The summed E-state index contributed by atoms with van der Waals surface area (Å²) in [7, 11) is 0. The third-order valence-electron chi connectivity index (χ3n) is 3.65. The van der Waals surface area contributed by atoms with E-state index in [9.17, 15) is 0 Å². The highest BCUT2D eigenvalue weighted by Gasteiger charge is 2.20.